The summed E-state index contributed by atoms with van der Waals surface area (Å²) in [6.07, 6.45) is 0. The largest absolute Gasteiger partial charge is 0.372 e. The summed E-state index contributed by atoms with van der Waals surface area (Å²) in [5.41, 5.74) is 1.19. The summed E-state index contributed by atoms with van der Waals surface area (Å²) >= 11 is 0. The molecule has 0 radical (unpaired) electrons. The molecule has 0 fully saturated rings. The van der Waals surface area contributed by atoms with Gasteiger partial charge >= 0.3 is 0 Å². The Morgan fingerprint density at radius 3 is 1.62 bits per heavy atom. The summed E-state index contributed by atoms with van der Waals surface area (Å²) in [4.78, 5) is 2.41. The van der Waals surface area contributed by atoms with Crippen LogP contribution in [0, 0.1) is 11.8 Å². The van der Waals surface area contributed by atoms with Gasteiger partial charge in [0.05, 0.1) is 0 Å². The van der Waals surface area contributed by atoms with Gasteiger partial charge in [-0.25, -0.2) is 0 Å². The molecule has 1 heteroatoms. The van der Waals surface area contributed by atoms with Crippen molar-refractivity contribution in [3.8, 4) is 0 Å². The van der Waals surface area contributed by atoms with Gasteiger partial charge in [-0.05, 0) is 25.7 Å². The maximum atomic E-state index is 4.04. The Morgan fingerprint density at radius 1 is 1.15 bits per heavy atom. The number of rotatable bonds is 5. The van der Waals surface area contributed by atoms with E-state index in [4.69, 9.17) is 0 Å². The van der Waals surface area contributed by atoms with Gasteiger partial charge in [-0.15, -0.1) is 0 Å². The molecule has 0 aliphatic carbocycles. The fourth-order valence-electron chi connectivity index (χ4n) is 2.22. The molecule has 0 saturated carbocycles. The molecule has 0 aliphatic heterocycles. The maximum Gasteiger partial charge on any atom is 0.0332 e. The predicted octanol–water partition coefficient (Wildman–Crippen LogP) is 3.52. The standard InChI is InChI=1S/C12H25N/c1-8-13(11(6)7)12(9(2)3)10(4)5/h9-10,12H,6,8H2,1-5,7H3. The Labute approximate surface area is 83.8 Å². The highest BCUT2D eigenvalue weighted by Gasteiger charge is 2.23. The van der Waals surface area contributed by atoms with Crippen molar-refractivity contribution in [1.82, 2.24) is 4.90 Å². The van der Waals surface area contributed by atoms with E-state index in [-0.39, 0.29) is 0 Å². The van der Waals surface area contributed by atoms with E-state index in [1.165, 1.54) is 5.70 Å². The van der Waals surface area contributed by atoms with Crippen LogP contribution in [0.15, 0.2) is 12.3 Å². The van der Waals surface area contributed by atoms with Crippen molar-refractivity contribution in [2.75, 3.05) is 6.54 Å². The van der Waals surface area contributed by atoms with E-state index >= 15 is 0 Å². The summed E-state index contributed by atoms with van der Waals surface area (Å²) in [5.74, 6) is 1.38. The first-order valence-corrected chi connectivity index (χ1v) is 5.33. The second-order valence-electron chi connectivity index (χ2n) is 4.50. The van der Waals surface area contributed by atoms with E-state index < -0.39 is 0 Å². The van der Waals surface area contributed by atoms with Crippen molar-refractivity contribution in [2.45, 2.75) is 47.6 Å². The molecule has 0 unspecified atom stereocenters. The van der Waals surface area contributed by atoms with Crippen LogP contribution in [0.2, 0.25) is 0 Å². The van der Waals surface area contributed by atoms with E-state index in [9.17, 15) is 0 Å². The molecule has 0 spiro atoms. The second kappa shape index (κ2) is 5.31. The normalized spacial score (nSPS) is 11.5. The van der Waals surface area contributed by atoms with Crippen molar-refractivity contribution in [1.29, 1.82) is 0 Å². The van der Waals surface area contributed by atoms with Crippen LogP contribution in [-0.2, 0) is 0 Å². The molecule has 0 N–H and O–H groups in total. The number of hydrogen-bond acceptors (Lipinski definition) is 1. The Kier molecular flexibility index (Phi) is 5.12. The smallest absolute Gasteiger partial charge is 0.0332 e. The highest BCUT2D eigenvalue weighted by molar-refractivity contribution is 4.94. The third kappa shape index (κ3) is 3.41. The van der Waals surface area contributed by atoms with Crippen LogP contribution in [0.3, 0.4) is 0 Å². The Bertz CT molecular complexity index is 151. The Balaban J connectivity index is 4.59. The van der Waals surface area contributed by atoms with Crippen LogP contribution in [0.5, 0.6) is 0 Å². The van der Waals surface area contributed by atoms with Gasteiger partial charge in [-0.3, -0.25) is 0 Å². The van der Waals surface area contributed by atoms with Crippen molar-refractivity contribution >= 4 is 0 Å². The van der Waals surface area contributed by atoms with Gasteiger partial charge in [0.2, 0.25) is 0 Å². The first kappa shape index (κ1) is 12.5. The summed E-state index contributed by atoms with van der Waals surface area (Å²) in [6, 6.07) is 0.627. The molecule has 0 bridgehead atoms. The van der Waals surface area contributed by atoms with Crippen LogP contribution in [-0.4, -0.2) is 17.5 Å². The molecule has 0 aliphatic rings. The molecule has 0 aromatic heterocycles. The SMILES string of the molecule is C=C(C)N(CC)C(C(C)C)C(C)C. The average Bonchev–Trinajstić information content (AvgIpc) is 1.97. The molecule has 0 aromatic rings. The van der Waals surface area contributed by atoms with Crippen molar-refractivity contribution in [3.63, 3.8) is 0 Å². The first-order chi connectivity index (χ1) is 5.91. The first-order valence-electron chi connectivity index (χ1n) is 5.33. The van der Waals surface area contributed by atoms with Crippen LogP contribution >= 0.6 is 0 Å². The minimum Gasteiger partial charge on any atom is -0.372 e. The van der Waals surface area contributed by atoms with Crippen LogP contribution in [0.25, 0.3) is 0 Å². The second-order valence-corrected chi connectivity index (χ2v) is 4.50. The van der Waals surface area contributed by atoms with Crippen LogP contribution in [0.4, 0.5) is 0 Å². The van der Waals surface area contributed by atoms with E-state index in [0.717, 1.165) is 6.54 Å². The summed E-state index contributed by atoms with van der Waals surface area (Å²) in [6.45, 7) is 18.6. The van der Waals surface area contributed by atoms with Gasteiger partial charge in [0.1, 0.15) is 0 Å². The van der Waals surface area contributed by atoms with Crippen molar-refractivity contribution in [3.05, 3.63) is 12.3 Å². The minimum atomic E-state index is 0.627. The zero-order valence-corrected chi connectivity index (χ0v) is 10.1. The Morgan fingerprint density at radius 2 is 1.54 bits per heavy atom. The van der Waals surface area contributed by atoms with E-state index in [1.54, 1.807) is 0 Å². The monoisotopic (exact) mass is 183 g/mol. The lowest BCUT2D eigenvalue weighted by Crippen LogP contribution is -2.41. The number of allylic oxidation sites excluding steroid dienone is 1. The quantitative estimate of drug-likeness (QED) is 0.630. The molecule has 13 heavy (non-hydrogen) atoms. The zero-order valence-electron chi connectivity index (χ0n) is 10.1. The van der Waals surface area contributed by atoms with Gasteiger partial charge in [-0.2, -0.15) is 0 Å². The number of nitrogens with zero attached hydrogens (tertiary/aromatic N) is 1. The fourth-order valence-corrected chi connectivity index (χ4v) is 2.22. The fraction of sp³-hybridized carbons (Fsp3) is 0.833. The molecule has 1 nitrogen and oxygen atoms in total. The van der Waals surface area contributed by atoms with Gasteiger partial charge in [0, 0.05) is 18.3 Å². The average molecular weight is 183 g/mol. The summed E-state index contributed by atoms with van der Waals surface area (Å²) in [7, 11) is 0. The minimum absolute atomic E-state index is 0.627. The van der Waals surface area contributed by atoms with Gasteiger partial charge < -0.3 is 4.90 Å². The molecule has 0 amide bonds. The van der Waals surface area contributed by atoms with Gasteiger partial charge in [0.25, 0.3) is 0 Å². The van der Waals surface area contributed by atoms with E-state index in [0.29, 0.717) is 17.9 Å². The highest BCUT2D eigenvalue weighted by atomic mass is 15.2. The third-order valence-corrected chi connectivity index (χ3v) is 2.56. The lowest BCUT2D eigenvalue weighted by molar-refractivity contribution is 0.160. The van der Waals surface area contributed by atoms with E-state index in [1.807, 2.05) is 0 Å². The van der Waals surface area contributed by atoms with Crippen LogP contribution < -0.4 is 0 Å². The maximum absolute atomic E-state index is 4.04. The summed E-state index contributed by atoms with van der Waals surface area (Å²) in [5, 5.41) is 0. The molecule has 0 aromatic carbocycles. The predicted molar refractivity (Wildman–Crippen MR) is 60.7 cm³/mol. The van der Waals surface area contributed by atoms with Crippen LogP contribution in [0.1, 0.15) is 41.5 Å². The molecule has 0 rings (SSSR count). The van der Waals surface area contributed by atoms with Crippen molar-refractivity contribution < 1.29 is 0 Å². The van der Waals surface area contributed by atoms with Crippen molar-refractivity contribution in [2.24, 2.45) is 11.8 Å². The molecular weight excluding hydrogens is 158 g/mol. The lowest BCUT2D eigenvalue weighted by Gasteiger charge is -2.38. The van der Waals surface area contributed by atoms with Gasteiger partial charge in [0.15, 0.2) is 0 Å². The molecule has 78 valence electrons. The molecule has 0 saturated heterocycles. The highest BCUT2D eigenvalue weighted by Crippen LogP contribution is 2.22. The van der Waals surface area contributed by atoms with Gasteiger partial charge in [-0.1, -0.05) is 34.3 Å². The zero-order chi connectivity index (χ0) is 10.6. The topological polar surface area (TPSA) is 3.24 Å². The Hall–Kier alpha value is -0.460. The molecule has 0 heterocycles. The lowest BCUT2D eigenvalue weighted by atomic mass is 9.91. The number of hydrogen-bond donors (Lipinski definition) is 0. The third-order valence-electron chi connectivity index (χ3n) is 2.56. The summed E-state index contributed by atoms with van der Waals surface area (Å²) < 4.78 is 0. The van der Waals surface area contributed by atoms with E-state index in [2.05, 4.69) is 53.0 Å². The molecule has 0 atom stereocenters. The molecular formula is C12H25N.